The molecule has 0 radical (unpaired) electrons. The predicted molar refractivity (Wildman–Crippen MR) is 75.2 cm³/mol. The number of aliphatic hydroxyl groups is 3. The normalized spacial score (nSPS) is 38.6. The Morgan fingerprint density at radius 1 is 1.50 bits per heavy atom. The van der Waals surface area contributed by atoms with Crippen LogP contribution in [-0.2, 0) is 9.47 Å². The van der Waals surface area contributed by atoms with E-state index in [9.17, 15) is 15.3 Å². The highest BCUT2D eigenvalue weighted by Crippen LogP contribution is 2.32. The molecule has 6 atom stereocenters. The van der Waals surface area contributed by atoms with Crippen molar-refractivity contribution in [1.29, 1.82) is 0 Å². The fourth-order valence-electron chi connectivity index (χ4n) is 2.43. The lowest BCUT2D eigenvalue weighted by Crippen LogP contribution is -2.63. The fraction of sp³-hybridized carbons (Fsp3) is 1.00. The van der Waals surface area contributed by atoms with Crippen molar-refractivity contribution in [2.24, 2.45) is 5.92 Å². The SMILES string of the molecule is [2H]CC(O)C(O)C1OC(C)(OCC(C)C)CC(O)C1NC. The number of nitrogens with one attached hydrogen (secondary N) is 1. The molecule has 0 saturated carbocycles. The van der Waals surface area contributed by atoms with Gasteiger partial charge >= 0.3 is 0 Å². The Labute approximate surface area is 122 Å². The molecule has 0 aromatic carbocycles. The molecule has 6 unspecified atom stereocenters. The Hall–Kier alpha value is -0.240. The molecule has 0 aromatic heterocycles. The minimum absolute atomic E-state index is 0.269. The average molecular weight is 292 g/mol. The summed E-state index contributed by atoms with van der Waals surface area (Å²) in [7, 11) is 1.65. The summed E-state index contributed by atoms with van der Waals surface area (Å²) >= 11 is 0. The van der Waals surface area contributed by atoms with E-state index in [0.29, 0.717) is 12.5 Å². The summed E-state index contributed by atoms with van der Waals surface area (Å²) in [6.45, 7) is 5.87. The first-order chi connectivity index (χ1) is 9.74. The lowest BCUT2D eigenvalue weighted by Gasteiger charge is -2.47. The highest BCUT2D eigenvalue weighted by molar-refractivity contribution is 4.96. The van der Waals surface area contributed by atoms with Gasteiger partial charge in [-0.25, -0.2) is 0 Å². The molecular weight excluding hydrogens is 262 g/mol. The van der Waals surface area contributed by atoms with Crippen molar-refractivity contribution in [2.45, 2.75) is 70.3 Å². The summed E-state index contributed by atoms with van der Waals surface area (Å²) in [5, 5.41) is 33.1. The number of ether oxygens (including phenoxy) is 2. The maximum Gasteiger partial charge on any atom is 0.168 e. The fourth-order valence-corrected chi connectivity index (χ4v) is 2.43. The van der Waals surface area contributed by atoms with E-state index in [1.54, 1.807) is 14.0 Å². The minimum Gasteiger partial charge on any atom is -0.391 e. The quantitative estimate of drug-likeness (QED) is 0.544. The van der Waals surface area contributed by atoms with Crippen LogP contribution in [0, 0.1) is 5.92 Å². The van der Waals surface area contributed by atoms with Crippen molar-refractivity contribution in [2.75, 3.05) is 13.7 Å². The molecule has 0 amide bonds. The monoisotopic (exact) mass is 292 g/mol. The van der Waals surface area contributed by atoms with Crippen LogP contribution in [0.2, 0.25) is 0 Å². The summed E-state index contributed by atoms with van der Waals surface area (Å²) in [5.74, 6) is -0.712. The molecule has 20 heavy (non-hydrogen) atoms. The molecule has 1 aliphatic rings. The Kier molecular flexibility index (Phi) is 5.77. The Bertz CT molecular complexity index is 320. The Morgan fingerprint density at radius 2 is 2.15 bits per heavy atom. The molecule has 120 valence electrons. The van der Waals surface area contributed by atoms with E-state index >= 15 is 0 Å². The van der Waals surface area contributed by atoms with Crippen molar-refractivity contribution >= 4 is 0 Å². The zero-order chi connectivity index (χ0) is 16.2. The number of likely N-dealkylation sites (N-methyl/N-ethyl adjacent to an activating group) is 1. The zero-order valence-electron chi connectivity index (χ0n) is 13.7. The van der Waals surface area contributed by atoms with Crippen LogP contribution in [0.15, 0.2) is 0 Å². The van der Waals surface area contributed by atoms with E-state index in [1.807, 2.05) is 13.8 Å². The van der Waals surface area contributed by atoms with Gasteiger partial charge in [0.15, 0.2) is 5.79 Å². The molecule has 1 rings (SSSR count). The third-order valence-electron chi connectivity index (χ3n) is 3.52. The van der Waals surface area contributed by atoms with Crippen LogP contribution < -0.4 is 5.32 Å². The van der Waals surface area contributed by atoms with Gasteiger partial charge in [-0.2, -0.15) is 0 Å². The zero-order valence-corrected chi connectivity index (χ0v) is 12.7. The van der Waals surface area contributed by atoms with Crippen LogP contribution in [0.5, 0.6) is 0 Å². The summed E-state index contributed by atoms with van der Waals surface area (Å²) in [6, 6.07) is -0.531. The van der Waals surface area contributed by atoms with Crippen LogP contribution in [-0.4, -0.2) is 65.2 Å². The second kappa shape index (κ2) is 7.15. The summed E-state index contributed by atoms with van der Waals surface area (Å²) < 4.78 is 18.8. The maximum atomic E-state index is 10.3. The molecule has 4 N–H and O–H groups in total. The van der Waals surface area contributed by atoms with Crippen molar-refractivity contribution < 1.29 is 26.2 Å². The largest absolute Gasteiger partial charge is 0.391 e. The first-order valence-corrected chi connectivity index (χ1v) is 7.06. The number of hydrogen-bond donors (Lipinski definition) is 4. The number of hydrogen-bond acceptors (Lipinski definition) is 6. The van der Waals surface area contributed by atoms with Gasteiger partial charge in [0.1, 0.15) is 12.2 Å². The van der Waals surface area contributed by atoms with Crippen molar-refractivity contribution in [3.05, 3.63) is 0 Å². The molecule has 0 aliphatic carbocycles. The van der Waals surface area contributed by atoms with Gasteiger partial charge in [-0.1, -0.05) is 13.8 Å². The van der Waals surface area contributed by atoms with Crippen LogP contribution >= 0.6 is 0 Å². The minimum atomic E-state index is -1.27. The Balaban J connectivity index is 2.86. The molecule has 1 saturated heterocycles. The lowest BCUT2D eigenvalue weighted by molar-refractivity contribution is -0.312. The van der Waals surface area contributed by atoms with Gasteiger partial charge in [0.2, 0.25) is 0 Å². The number of rotatable bonds is 6. The predicted octanol–water partition coefficient (Wildman–Crippen LogP) is -0.145. The van der Waals surface area contributed by atoms with Gasteiger partial charge in [-0.15, -0.1) is 0 Å². The molecular formula is C14H29NO5. The highest BCUT2D eigenvalue weighted by Gasteiger charge is 2.47. The van der Waals surface area contributed by atoms with Crippen LogP contribution in [0.25, 0.3) is 0 Å². The average Bonchev–Trinajstić information content (AvgIpc) is 2.43. The van der Waals surface area contributed by atoms with E-state index in [4.69, 9.17) is 10.8 Å². The van der Waals surface area contributed by atoms with Gasteiger partial charge in [0.25, 0.3) is 0 Å². The highest BCUT2D eigenvalue weighted by atomic mass is 16.7. The molecule has 0 spiro atoms. The van der Waals surface area contributed by atoms with Crippen LogP contribution in [0.4, 0.5) is 0 Å². The van der Waals surface area contributed by atoms with Crippen molar-refractivity contribution in [3.63, 3.8) is 0 Å². The van der Waals surface area contributed by atoms with Gasteiger partial charge in [0, 0.05) is 7.79 Å². The van der Waals surface area contributed by atoms with E-state index in [2.05, 4.69) is 5.32 Å². The Morgan fingerprint density at radius 3 is 2.65 bits per heavy atom. The summed E-state index contributed by atoms with van der Waals surface area (Å²) in [6.07, 6.45) is -3.86. The second-order valence-electron chi connectivity index (χ2n) is 6.06. The molecule has 0 aromatic rings. The first-order valence-electron chi connectivity index (χ1n) is 7.77. The van der Waals surface area contributed by atoms with E-state index in [0.717, 1.165) is 0 Å². The maximum absolute atomic E-state index is 10.3. The van der Waals surface area contributed by atoms with Crippen molar-refractivity contribution in [3.8, 4) is 0 Å². The smallest absolute Gasteiger partial charge is 0.168 e. The third-order valence-corrected chi connectivity index (χ3v) is 3.52. The van der Waals surface area contributed by atoms with Crippen LogP contribution in [0.3, 0.4) is 0 Å². The number of aliphatic hydroxyl groups excluding tert-OH is 3. The summed E-state index contributed by atoms with van der Waals surface area (Å²) in [5.41, 5.74) is 0. The first kappa shape index (κ1) is 16.1. The summed E-state index contributed by atoms with van der Waals surface area (Å²) in [4.78, 5) is 0. The van der Waals surface area contributed by atoms with E-state index in [1.165, 1.54) is 0 Å². The second-order valence-corrected chi connectivity index (χ2v) is 6.06. The molecule has 1 heterocycles. The van der Waals surface area contributed by atoms with Gasteiger partial charge in [-0.05, 0) is 26.8 Å². The van der Waals surface area contributed by atoms with Crippen LogP contribution in [0.1, 0.15) is 35.5 Å². The topological polar surface area (TPSA) is 91.2 Å². The molecule has 1 fully saturated rings. The standard InChI is InChI=1S/C14H29NO5/c1-8(2)7-19-14(4)6-10(17)11(15-5)13(20-14)12(18)9(3)16/h8-13,15-18H,6-7H2,1-5H3/i3D. The lowest BCUT2D eigenvalue weighted by atomic mass is 9.89. The van der Waals surface area contributed by atoms with Gasteiger partial charge in [-0.3, -0.25) is 0 Å². The molecule has 1 aliphatic heterocycles. The van der Waals surface area contributed by atoms with Gasteiger partial charge in [0.05, 0.1) is 24.9 Å². The molecule has 6 heteroatoms. The van der Waals surface area contributed by atoms with Crippen molar-refractivity contribution in [1.82, 2.24) is 5.32 Å². The van der Waals surface area contributed by atoms with E-state index in [-0.39, 0.29) is 13.3 Å². The van der Waals surface area contributed by atoms with E-state index < -0.39 is 36.2 Å². The third kappa shape index (κ3) is 4.38. The molecule has 6 nitrogen and oxygen atoms in total. The molecule has 0 bridgehead atoms. The van der Waals surface area contributed by atoms with Gasteiger partial charge < -0.3 is 30.1 Å².